The molecule has 2 rings (SSSR count). The first-order chi connectivity index (χ1) is 6.29. The Morgan fingerprint density at radius 2 is 2.23 bits per heavy atom. The van der Waals surface area contributed by atoms with Gasteiger partial charge in [-0.05, 0) is 12.1 Å². The number of nitrogens with zero attached hydrogens (tertiary/aromatic N) is 1. The van der Waals surface area contributed by atoms with E-state index >= 15 is 0 Å². The molecule has 0 saturated heterocycles. The van der Waals surface area contributed by atoms with Crippen molar-refractivity contribution in [2.75, 3.05) is 0 Å². The highest BCUT2D eigenvalue weighted by Crippen LogP contribution is 2.33. The zero-order valence-electron chi connectivity index (χ0n) is 6.66. The van der Waals surface area contributed by atoms with E-state index in [1.165, 1.54) is 11.3 Å². The Morgan fingerprint density at radius 3 is 2.77 bits per heavy atom. The quantitative estimate of drug-likeness (QED) is 0.862. The standard InChI is InChI=1S/C8H7ClN2S2/c9-7-2-1-6(13-7)8-11-4-5(3-10)12-8/h1-2,4H,3,10H2. The molecular formula is C8H7ClN2S2. The van der Waals surface area contributed by atoms with Gasteiger partial charge in [-0.2, -0.15) is 0 Å². The Labute approximate surface area is 89.0 Å². The molecule has 2 aromatic heterocycles. The van der Waals surface area contributed by atoms with Crippen molar-refractivity contribution in [2.24, 2.45) is 5.73 Å². The number of nitrogens with two attached hydrogens (primary N) is 1. The van der Waals surface area contributed by atoms with Crippen molar-refractivity contribution >= 4 is 34.3 Å². The number of aromatic nitrogens is 1. The van der Waals surface area contributed by atoms with Crippen LogP contribution in [-0.2, 0) is 6.54 Å². The van der Waals surface area contributed by atoms with Gasteiger partial charge in [0.15, 0.2) is 0 Å². The van der Waals surface area contributed by atoms with Crippen LogP contribution in [0.3, 0.4) is 0 Å². The number of thiophene rings is 1. The highest BCUT2D eigenvalue weighted by molar-refractivity contribution is 7.23. The largest absolute Gasteiger partial charge is 0.326 e. The highest BCUT2D eigenvalue weighted by Gasteiger charge is 2.05. The fourth-order valence-electron chi connectivity index (χ4n) is 0.945. The first kappa shape index (κ1) is 9.15. The Balaban J connectivity index is 2.35. The molecule has 2 heterocycles. The molecule has 2 nitrogen and oxygen atoms in total. The van der Waals surface area contributed by atoms with Gasteiger partial charge < -0.3 is 5.73 Å². The second-order valence-corrected chi connectivity index (χ2v) is 5.27. The number of halogens is 1. The first-order valence-electron chi connectivity index (χ1n) is 3.70. The SMILES string of the molecule is NCc1cnc(-c2ccc(Cl)s2)s1. The van der Waals surface area contributed by atoms with Crippen LogP contribution in [0.2, 0.25) is 4.34 Å². The van der Waals surface area contributed by atoms with E-state index in [-0.39, 0.29) is 0 Å². The minimum atomic E-state index is 0.552. The molecule has 0 aliphatic rings. The van der Waals surface area contributed by atoms with E-state index in [1.54, 1.807) is 11.3 Å². The van der Waals surface area contributed by atoms with Gasteiger partial charge >= 0.3 is 0 Å². The summed E-state index contributed by atoms with van der Waals surface area (Å²) in [4.78, 5) is 6.46. The van der Waals surface area contributed by atoms with Crippen molar-refractivity contribution < 1.29 is 0 Å². The molecule has 0 bridgehead atoms. The molecule has 0 atom stereocenters. The Kier molecular flexibility index (Phi) is 2.64. The Morgan fingerprint density at radius 1 is 1.38 bits per heavy atom. The van der Waals surface area contributed by atoms with E-state index in [4.69, 9.17) is 17.3 Å². The molecule has 2 aromatic rings. The van der Waals surface area contributed by atoms with Crippen LogP contribution in [0, 0.1) is 0 Å². The minimum Gasteiger partial charge on any atom is -0.326 e. The van der Waals surface area contributed by atoms with Gasteiger partial charge in [0.1, 0.15) is 5.01 Å². The molecule has 0 unspecified atom stereocenters. The van der Waals surface area contributed by atoms with Crippen LogP contribution in [0.25, 0.3) is 9.88 Å². The van der Waals surface area contributed by atoms with Crippen molar-refractivity contribution in [3.05, 3.63) is 27.5 Å². The number of hydrogen-bond donors (Lipinski definition) is 1. The summed E-state index contributed by atoms with van der Waals surface area (Å²) in [7, 11) is 0. The predicted octanol–water partition coefficient (Wildman–Crippen LogP) is 2.98. The lowest BCUT2D eigenvalue weighted by Gasteiger charge is -1.86. The molecule has 0 spiro atoms. The molecule has 0 fully saturated rings. The summed E-state index contributed by atoms with van der Waals surface area (Å²) in [6.45, 7) is 0.552. The van der Waals surface area contributed by atoms with Crippen molar-refractivity contribution in [1.82, 2.24) is 4.98 Å². The summed E-state index contributed by atoms with van der Waals surface area (Å²) in [6.07, 6.45) is 1.81. The van der Waals surface area contributed by atoms with Crippen molar-refractivity contribution in [3.8, 4) is 9.88 Å². The van der Waals surface area contributed by atoms with E-state index < -0.39 is 0 Å². The molecule has 68 valence electrons. The third-order valence-corrected chi connectivity index (χ3v) is 3.96. The monoisotopic (exact) mass is 230 g/mol. The maximum absolute atomic E-state index is 5.82. The number of rotatable bonds is 2. The van der Waals surface area contributed by atoms with Gasteiger partial charge in [-0.25, -0.2) is 4.98 Å². The highest BCUT2D eigenvalue weighted by atomic mass is 35.5. The molecule has 0 saturated carbocycles. The van der Waals surface area contributed by atoms with Crippen LogP contribution in [-0.4, -0.2) is 4.98 Å². The second-order valence-electron chi connectivity index (χ2n) is 2.44. The summed E-state index contributed by atoms with van der Waals surface area (Å²) >= 11 is 8.97. The predicted molar refractivity (Wildman–Crippen MR) is 58.3 cm³/mol. The van der Waals surface area contributed by atoms with E-state index in [2.05, 4.69) is 4.98 Å². The molecule has 0 radical (unpaired) electrons. The first-order valence-corrected chi connectivity index (χ1v) is 5.71. The minimum absolute atomic E-state index is 0.552. The average molecular weight is 231 g/mol. The zero-order valence-corrected chi connectivity index (χ0v) is 9.05. The third kappa shape index (κ3) is 1.91. The van der Waals surface area contributed by atoms with Crippen molar-refractivity contribution in [3.63, 3.8) is 0 Å². The van der Waals surface area contributed by atoms with Gasteiger partial charge in [0.05, 0.1) is 9.21 Å². The van der Waals surface area contributed by atoms with Gasteiger partial charge in [0.25, 0.3) is 0 Å². The van der Waals surface area contributed by atoms with Crippen LogP contribution in [0.5, 0.6) is 0 Å². The van der Waals surface area contributed by atoms with E-state index in [9.17, 15) is 0 Å². The van der Waals surface area contributed by atoms with Gasteiger partial charge in [0, 0.05) is 17.6 Å². The maximum Gasteiger partial charge on any atom is 0.133 e. The fraction of sp³-hybridized carbons (Fsp3) is 0.125. The average Bonchev–Trinajstić information content (AvgIpc) is 2.71. The lowest BCUT2D eigenvalue weighted by Crippen LogP contribution is -1.91. The fourth-order valence-corrected chi connectivity index (χ4v) is 2.84. The summed E-state index contributed by atoms with van der Waals surface area (Å²) in [5, 5.41) is 0.998. The Hall–Kier alpha value is -0.420. The van der Waals surface area contributed by atoms with Crippen LogP contribution in [0.15, 0.2) is 18.3 Å². The van der Waals surface area contributed by atoms with Gasteiger partial charge in [0.2, 0.25) is 0 Å². The lowest BCUT2D eigenvalue weighted by molar-refractivity contribution is 1.10. The topological polar surface area (TPSA) is 38.9 Å². The molecule has 0 aliphatic heterocycles. The van der Waals surface area contributed by atoms with Gasteiger partial charge in [-0.1, -0.05) is 11.6 Å². The van der Waals surface area contributed by atoms with Gasteiger partial charge in [-0.3, -0.25) is 0 Å². The normalized spacial score (nSPS) is 10.6. The summed E-state index contributed by atoms with van der Waals surface area (Å²) in [6, 6.07) is 3.86. The molecule has 0 aromatic carbocycles. The third-order valence-electron chi connectivity index (χ3n) is 1.54. The van der Waals surface area contributed by atoms with Crippen LogP contribution in [0.1, 0.15) is 4.88 Å². The molecule has 5 heteroatoms. The van der Waals surface area contributed by atoms with E-state index in [1.807, 2.05) is 18.3 Å². The van der Waals surface area contributed by atoms with Gasteiger partial charge in [-0.15, -0.1) is 22.7 Å². The zero-order chi connectivity index (χ0) is 9.26. The molecule has 0 amide bonds. The molecule has 13 heavy (non-hydrogen) atoms. The summed E-state index contributed by atoms with van der Waals surface area (Å²) in [5.41, 5.74) is 5.49. The number of hydrogen-bond acceptors (Lipinski definition) is 4. The molecule has 2 N–H and O–H groups in total. The molecule has 0 aliphatic carbocycles. The lowest BCUT2D eigenvalue weighted by atomic mass is 10.5. The van der Waals surface area contributed by atoms with E-state index in [0.717, 1.165) is 19.1 Å². The van der Waals surface area contributed by atoms with Crippen LogP contribution < -0.4 is 5.73 Å². The van der Waals surface area contributed by atoms with E-state index in [0.29, 0.717) is 6.54 Å². The van der Waals surface area contributed by atoms with Crippen molar-refractivity contribution in [2.45, 2.75) is 6.54 Å². The van der Waals surface area contributed by atoms with Crippen molar-refractivity contribution in [1.29, 1.82) is 0 Å². The number of thiazole rings is 1. The van der Waals surface area contributed by atoms with Crippen LogP contribution in [0.4, 0.5) is 0 Å². The summed E-state index contributed by atoms with van der Waals surface area (Å²) < 4.78 is 0.791. The molecular weight excluding hydrogens is 224 g/mol. The maximum atomic E-state index is 5.82. The second kappa shape index (κ2) is 3.75. The van der Waals surface area contributed by atoms with Crippen LogP contribution >= 0.6 is 34.3 Å². The smallest absolute Gasteiger partial charge is 0.133 e. The summed E-state index contributed by atoms with van der Waals surface area (Å²) in [5.74, 6) is 0. The Bertz CT molecular complexity index is 408.